The van der Waals surface area contributed by atoms with Gasteiger partial charge in [0.05, 0.1) is 0 Å². The lowest BCUT2D eigenvalue weighted by atomic mass is 10.3. The van der Waals surface area contributed by atoms with Crippen molar-refractivity contribution in [3.63, 3.8) is 0 Å². The van der Waals surface area contributed by atoms with Crippen LogP contribution in [0.3, 0.4) is 0 Å². The molecule has 0 bridgehead atoms. The Hall–Kier alpha value is -1.27. The third-order valence-corrected chi connectivity index (χ3v) is 3.89. The van der Waals surface area contributed by atoms with Crippen LogP contribution in [0.25, 0.3) is 0 Å². The predicted octanol–water partition coefficient (Wildman–Crippen LogP) is 2.71. The minimum absolute atomic E-state index is 0.148. The van der Waals surface area contributed by atoms with Gasteiger partial charge in [0, 0.05) is 18.5 Å². The number of nitrogens with zero attached hydrogens (tertiary/aromatic N) is 3. The molecule has 0 aliphatic heterocycles. The molecule has 5 nitrogen and oxygen atoms in total. The zero-order valence-corrected chi connectivity index (χ0v) is 12.2. The molecule has 0 spiro atoms. The van der Waals surface area contributed by atoms with Gasteiger partial charge in [-0.1, -0.05) is 42.8 Å². The molecule has 0 unspecified atom stereocenters. The molecule has 2 rings (SSSR count). The van der Waals surface area contributed by atoms with E-state index >= 15 is 0 Å². The van der Waals surface area contributed by atoms with Gasteiger partial charge in [-0.2, -0.15) is 0 Å². The molecule has 0 aliphatic rings. The summed E-state index contributed by atoms with van der Waals surface area (Å²) in [4.78, 5) is 15.6. The monoisotopic (exact) mass is 298 g/mol. The van der Waals surface area contributed by atoms with E-state index in [0.29, 0.717) is 22.6 Å². The second kappa shape index (κ2) is 6.77. The van der Waals surface area contributed by atoms with Gasteiger partial charge >= 0.3 is 5.69 Å². The third kappa shape index (κ3) is 3.84. The highest BCUT2D eigenvalue weighted by Crippen LogP contribution is 2.20. The summed E-state index contributed by atoms with van der Waals surface area (Å²) >= 11 is 7.25. The van der Waals surface area contributed by atoms with Crippen LogP contribution in [0.5, 0.6) is 0 Å². The number of halogens is 1. The van der Waals surface area contributed by atoms with Crippen molar-refractivity contribution in [2.24, 2.45) is 0 Å². The van der Waals surface area contributed by atoms with Crippen molar-refractivity contribution in [2.75, 3.05) is 0 Å². The number of pyridine rings is 1. The van der Waals surface area contributed by atoms with E-state index in [1.54, 1.807) is 16.8 Å². The first-order chi connectivity index (χ1) is 9.20. The number of unbranched alkanes of at least 4 members (excludes halogenated alkanes) is 1. The summed E-state index contributed by atoms with van der Waals surface area (Å²) in [5.41, 5.74) is 0.900. The predicted molar refractivity (Wildman–Crippen MR) is 76.6 cm³/mol. The fraction of sp³-hybridized carbons (Fsp3) is 0.417. The molecule has 0 saturated heterocycles. The van der Waals surface area contributed by atoms with Crippen LogP contribution in [0.1, 0.15) is 25.3 Å². The van der Waals surface area contributed by atoms with Gasteiger partial charge in [0.25, 0.3) is 0 Å². The Kier molecular flexibility index (Phi) is 5.04. The maximum absolute atomic E-state index is 11.6. The van der Waals surface area contributed by atoms with E-state index in [-0.39, 0.29) is 5.69 Å². The Morgan fingerprint density at radius 3 is 3.00 bits per heavy atom. The van der Waals surface area contributed by atoms with E-state index in [9.17, 15) is 4.79 Å². The fourth-order valence-electron chi connectivity index (χ4n) is 1.57. The van der Waals surface area contributed by atoms with Crippen LogP contribution in [0.2, 0.25) is 5.15 Å². The van der Waals surface area contributed by atoms with Gasteiger partial charge in [-0.25, -0.2) is 14.9 Å². The van der Waals surface area contributed by atoms with Crippen molar-refractivity contribution in [2.45, 2.75) is 37.2 Å². The third-order valence-electron chi connectivity index (χ3n) is 2.62. The summed E-state index contributed by atoms with van der Waals surface area (Å²) in [7, 11) is 0. The summed E-state index contributed by atoms with van der Waals surface area (Å²) in [6, 6.07) is 3.68. The second-order valence-electron chi connectivity index (χ2n) is 4.09. The standard InChI is InChI=1S/C12H15ClN4OS/c1-2-3-6-17-11(18)15-16-12(17)19-8-9-4-5-10(13)14-7-9/h4-5,7H,2-3,6,8H2,1H3,(H,15,18). The molecule has 0 radical (unpaired) electrons. The van der Waals surface area contributed by atoms with Crippen LogP contribution in [0, 0.1) is 0 Å². The van der Waals surface area contributed by atoms with Crippen molar-refractivity contribution in [3.05, 3.63) is 39.5 Å². The van der Waals surface area contributed by atoms with Gasteiger partial charge in [0.1, 0.15) is 5.15 Å². The van der Waals surface area contributed by atoms with Crippen LogP contribution in [0.4, 0.5) is 0 Å². The molecule has 0 aromatic carbocycles. The molecule has 0 fully saturated rings. The first-order valence-electron chi connectivity index (χ1n) is 6.09. The molecular weight excluding hydrogens is 284 g/mol. The van der Waals surface area contributed by atoms with Crippen molar-refractivity contribution in [3.8, 4) is 0 Å². The van der Waals surface area contributed by atoms with E-state index in [4.69, 9.17) is 11.6 Å². The average Bonchev–Trinajstić information content (AvgIpc) is 2.76. The lowest BCUT2D eigenvalue weighted by Crippen LogP contribution is -2.17. The maximum atomic E-state index is 11.6. The second-order valence-corrected chi connectivity index (χ2v) is 5.42. The Labute approximate surface area is 120 Å². The Balaban J connectivity index is 2.03. The highest BCUT2D eigenvalue weighted by molar-refractivity contribution is 7.98. The fourth-order valence-corrected chi connectivity index (χ4v) is 2.59. The van der Waals surface area contributed by atoms with Crippen molar-refractivity contribution in [1.82, 2.24) is 19.7 Å². The average molecular weight is 299 g/mol. The molecule has 19 heavy (non-hydrogen) atoms. The molecule has 0 saturated carbocycles. The highest BCUT2D eigenvalue weighted by atomic mass is 35.5. The van der Waals surface area contributed by atoms with E-state index < -0.39 is 0 Å². The number of aromatic nitrogens is 4. The van der Waals surface area contributed by atoms with Gasteiger partial charge in [-0.15, -0.1) is 5.10 Å². The van der Waals surface area contributed by atoms with Gasteiger partial charge in [0.15, 0.2) is 5.16 Å². The molecule has 0 aliphatic carbocycles. The quantitative estimate of drug-likeness (QED) is 0.658. The van der Waals surface area contributed by atoms with E-state index in [1.165, 1.54) is 11.8 Å². The zero-order chi connectivity index (χ0) is 13.7. The van der Waals surface area contributed by atoms with Gasteiger partial charge in [0.2, 0.25) is 0 Å². The largest absolute Gasteiger partial charge is 0.343 e. The van der Waals surface area contributed by atoms with Crippen molar-refractivity contribution in [1.29, 1.82) is 0 Å². The Morgan fingerprint density at radius 1 is 1.47 bits per heavy atom. The van der Waals surface area contributed by atoms with Crippen molar-refractivity contribution >= 4 is 23.4 Å². The van der Waals surface area contributed by atoms with Crippen LogP contribution in [-0.4, -0.2) is 19.7 Å². The minimum Gasteiger partial charge on any atom is -0.270 e. The number of hydrogen-bond acceptors (Lipinski definition) is 4. The minimum atomic E-state index is -0.148. The van der Waals surface area contributed by atoms with Crippen LogP contribution in [-0.2, 0) is 12.3 Å². The summed E-state index contributed by atoms with van der Waals surface area (Å²) in [5.74, 6) is 0.709. The van der Waals surface area contributed by atoms with Gasteiger partial charge in [-0.3, -0.25) is 4.57 Å². The maximum Gasteiger partial charge on any atom is 0.343 e. The number of hydrogen-bond donors (Lipinski definition) is 1. The van der Waals surface area contributed by atoms with Crippen LogP contribution >= 0.6 is 23.4 Å². The summed E-state index contributed by atoms with van der Waals surface area (Å²) in [6.07, 6.45) is 3.74. The van der Waals surface area contributed by atoms with Crippen molar-refractivity contribution < 1.29 is 0 Å². The molecule has 2 aromatic rings. The number of thioether (sulfide) groups is 1. The lowest BCUT2D eigenvalue weighted by Gasteiger charge is -2.04. The number of rotatable bonds is 6. The van der Waals surface area contributed by atoms with E-state index in [2.05, 4.69) is 22.1 Å². The number of H-pyrrole nitrogens is 1. The molecule has 102 valence electrons. The summed E-state index contributed by atoms with van der Waals surface area (Å²) < 4.78 is 1.68. The zero-order valence-electron chi connectivity index (χ0n) is 10.6. The lowest BCUT2D eigenvalue weighted by molar-refractivity contribution is 0.573. The molecule has 1 N–H and O–H groups in total. The molecular formula is C12H15ClN4OS. The smallest absolute Gasteiger partial charge is 0.270 e. The van der Waals surface area contributed by atoms with E-state index in [1.807, 2.05) is 6.07 Å². The molecule has 0 amide bonds. The van der Waals surface area contributed by atoms with Crippen LogP contribution in [0.15, 0.2) is 28.3 Å². The van der Waals surface area contributed by atoms with Gasteiger partial charge in [-0.05, 0) is 18.1 Å². The molecule has 0 atom stereocenters. The normalized spacial score (nSPS) is 10.8. The SMILES string of the molecule is CCCCn1c(SCc2ccc(Cl)nc2)n[nH]c1=O. The molecule has 7 heteroatoms. The first kappa shape index (κ1) is 14.1. The molecule has 2 heterocycles. The van der Waals surface area contributed by atoms with Gasteiger partial charge < -0.3 is 0 Å². The number of nitrogens with one attached hydrogen (secondary N) is 1. The van der Waals surface area contributed by atoms with E-state index in [0.717, 1.165) is 18.4 Å². The topological polar surface area (TPSA) is 63.6 Å². The summed E-state index contributed by atoms with van der Waals surface area (Å²) in [6.45, 7) is 2.80. The van der Waals surface area contributed by atoms with Crippen LogP contribution < -0.4 is 5.69 Å². The summed E-state index contributed by atoms with van der Waals surface area (Å²) in [5, 5.41) is 7.73. The first-order valence-corrected chi connectivity index (χ1v) is 7.45. The Morgan fingerprint density at radius 2 is 2.32 bits per heavy atom. The number of aromatic amines is 1. The highest BCUT2D eigenvalue weighted by Gasteiger charge is 2.08. The Bertz CT molecular complexity index is 578. The molecule has 2 aromatic heterocycles.